The van der Waals surface area contributed by atoms with E-state index in [1.807, 2.05) is 67.6 Å². The molecule has 0 amide bonds. The molecular weight excluding hydrogens is 330 g/mol. The second kappa shape index (κ2) is 8.34. The van der Waals surface area contributed by atoms with Gasteiger partial charge in [0, 0.05) is 12.0 Å². The van der Waals surface area contributed by atoms with Crippen molar-refractivity contribution >= 4 is 5.97 Å². The van der Waals surface area contributed by atoms with E-state index in [9.17, 15) is 4.79 Å². The van der Waals surface area contributed by atoms with Crippen LogP contribution in [0.3, 0.4) is 0 Å². The Morgan fingerprint density at radius 3 is 2.46 bits per heavy atom. The summed E-state index contributed by atoms with van der Waals surface area (Å²) in [5.74, 6) is 0.964. The van der Waals surface area contributed by atoms with Crippen LogP contribution in [0.15, 0.2) is 65.2 Å². The molecule has 1 heterocycles. The van der Waals surface area contributed by atoms with Crippen molar-refractivity contribution < 1.29 is 18.8 Å². The molecule has 0 aliphatic heterocycles. The largest absolute Gasteiger partial charge is 0.489 e. The second-order valence-corrected chi connectivity index (χ2v) is 6.04. The summed E-state index contributed by atoms with van der Waals surface area (Å²) in [5, 5.41) is 4.06. The molecule has 0 saturated heterocycles. The number of hydrogen-bond acceptors (Lipinski definition) is 5. The molecule has 0 bridgehead atoms. The minimum absolute atomic E-state index is 0.201. The highest BCUT2D eigenvalue weighted by atomic mass is 16.5. The first-order valence-corrected chi connectivity index (χ1v) is 8.42. The number of methoxy groups -OCH3 is 1. The molecular formula is C21H21NO4. The number of esters is 1. The number of rotatable bonds is 7. The molecule has 1 aromatic heterocycles. The summed E-state index contributed by atoms with van der Waals surface area (Å²) in [6.07, 6.45) is 0.201. The summed E-state index contributed by atoms with van der Waals surface area (Å²) in [6.45, 7) is 2.33. The first-order valence-electron chi connectivity index (χ1n) is 8.42. The maximum Gasteiger partial charge on any atom is 0.306 e. The molecule has 5 heteroatoms. The Morgan fingerprint density at radius 2 is 1.85 bits per heavy atom. The molecule has 3 aromatic rings. The van der Waals surface area contributed by atoms with E-state index in [0.717, 1.165) is 16.9 Å². The van der Waals surface area contributed by atoms with Gasteiger partial charge in [0.15, 0.2) is 0 Å². The van der Waals surface area contributed by atoms with Crippen molar-refractivity contribution in [2.75, 3.05) is 7.11 Å². The zero-order valence-electron chi connectivity index (χ0n) is 14.8. The van der Waals surface area contributed by atoms with Gasteiger partial charge < -0.3 is 14.0 Å². The van der Waals surface area contributed by atoms with Crippen LogP contribution in [0.2, 0.25) is 0 Å². The Hall–Kier alpha value is -3.08. The first-order chi connectivity index (χ1) is 12.7. The third kappa shape index (κ3) is 4.51. The lowest BCUT2D eigenvalue weighted by molar-refractivity contribution is -0.140. The monoisotopic (exact) mass is 351 g/mol. The van der Waals surface area contributed by atoms with E-state index in [0.29, 0.717) is 18.1 Å². The van der Waals surface area contributed by atoms with Crippen LogP contribution >= 0.6 is 0 Å². The Kier molecular flexibility index (Phi) is 5.69. The quantitative estimate of drug-likeness (QED) is 0.595. The van der Waals surface area contributed by atoms with Crippen LogP contribution in [0, 0.1) is 6.92 Å². The van der Waals surface area contributed by atoms with Gasteiger partial charge in [-0.2, -0.15) is 0 Å². The van der Waals surface area contributed by atoms with E-state index in [1.54, 1.807) is 0 Å². The Morgan fingerprint density at radius 1 is 1.12 bits per heavy atom. The molecule has 1 atom stereocenters. The van der Waals surface area contributed by atoms with E-state index in [-0.39, 0.29) is 18.3 Å². The number of nitrogens with zero attached hydrogens (tertiary/aromatic N) is 1. The lowest BCUT2D eigenvalue weighted by Gasteiger charge is -2.14. The summed E-state index contributed by atoms with van der Waals surface area (Å²) < 4.78 is 15.8. The van der Waals surface area contributed by atoms with Crippen molar-refractivity contribution in [1.29, 1.82) is 0 Å². The van der Waals surface area contributed by atoms with Crippen LogP contribution in [-0.2, 0) is 16.1 Å². The number of benzene rings is 2. The normalized spacial score (nSPS) is 11.8. The van der Waals surface area contributed by atoms with E-state index in [2.05, 4.69) is 5.16 Å². The van der Waals surface area contributed by atoms with Crippen molar-refractivity contribution in [3.8, 4) is 5.75 Å². The fourth-order valence-corrected chi connectivity index (χ4v) is 2.73. The van der Waals surface area contributed by atoms with E-state index >= 15 is 0 Å². The third-order valence-electron chi connectivity index (χ3n) is 4.13. The van der Waals surface area contributed by atoms with Gasteiger partial charge in [0.25, 0.3) is 0 Å². The van der Waals surface area contributed by atoms with Crippen LogP contribution in [-0.4, -0.2) is 18.2 Å². The standard InChI is InChI=1S/C21H21NO4/c1-15-12-20(22-26-15)19(13-21(23)24-2)17-8-10-18(11-9-17)25-14-16-6-4-3-5-7-16/h3-12,19H,13-14H2,1-2H3. The van der Waals surface area contributed by atoms with Crippen molar-refractivity contribution in [3.05, 3.63) is 83.2 Å². The summed E-state index contributed by atoms with van der Waals surface area (Å²) in [4.78, 5) is 11.8. The lowest BCUT2D eigenvalue weighted by Crippen LogP contribution is -2.10. The van der Waals surface area contributed by atoms with E-state index in [1.165, 1.54) is 7.11 Å². The number of aryl methyl sites for hydroxylation is 1. The fraction of sp³-hybridized carbons (Fsp3) is 0.238. The maximum atomic E-state index is 11.8. The highest BCUT2D eigenvalue weighted by Crippen LogP contribution is 2.29. The zero-order valence-corrected chi connectivity index (χ0v) is 14.8. The van der Waals surface area contributed by atoms with Crippen LogP contribution in [0.1, 0.15) is 34.9 Å². The molecule has 5 nitrogen and oxygen atoms in total. The number of hydrogen-bond donors (Lipinski definition) is 0. The van der Waals surface area contributed by atoms with Crippen molar-refractivity contribution in [3.63, 3.8) is 0 Å². The lowest BCUT2D eigenvalue weighted by atomic mass is 9.92. The number of ether oxygens (including phenoxy) is 2. The third-order valence-corrected chi connectivity index (χ3v) is 4.13. The van der Waals surface area contributed by atoms with Gasteiger partial charge in [-0.05, 0) is 30.2 Å². The topological polar surface area (TPSA) is 61.6 Å². The summed E-state index contributed by atoms with van der Waals surface area (Å²) in [5.41, 5.74) is 2.78. The van der Waals surface area contributed by atoms with E-state index in [4.69, 9.17) is 14.0 Å². The molecule has 0 fully saturated rings. The highest BCUT2D eigenvalue weighted by Gasteiger charge is 2.22. The molecule has 0 aliphatic rings. The molecule has 0 N–H and O–H groups in total. The zero-order chi connectivity index (χ0) is 18.4. The van der Waals surface area contributed by atoms with Gasteiger partial charge in [-0.25, -0.2) is 0 Å². The van der Waals surface area contributed by atoms with Crippen LogP contribution in [0.4, 0.5) is 0 Å². The van der Waals surface area contributed by atoms with Gasteiger partial charge in [0.05, 0.1) is 19.2 Å². The molecule has 0 radical (unpaired) electrons. The van der Waals surface area contributed by atoms with Gasteiger partial charge in [-0.1, -0.05) is 47.6 Å². The average molecular weight is 351 g/mol. The van der Waals surface area contributed by atoms with Gasteiger partial charge in [0.2, 0.25) is 0 Å². The maximum absolute atomic E-state index is 11.8. The number of carbonyl (C=O) groups is 1. The van der Waals surface area contributed by atoms with Gasteiger partial charge >= 0.3 is 5.97 Å². The van der Waals surface area contributed by atoms with Crippen LogP contribution in [0.5, 0.6) is 5.75 Å². The van der Waals surface area contributed by atoms with Crippen LogP contribution in [0.25, 0.3) is 0 Å². The first kappa shape index (κ1) is 17.7. The summed E-state index contributed by atoms with van der Waals surface area (Å²) in [7, 11) is 1.38. The molecule has 134 valence electrons. The predicted molar refractivity (Wildman–Crippen MR) is 96.9 cm³/mol. The average Bonchev–Trinajstić information content (AvgIpc) is 3.11. The van der Waals surface area contributed by atoms with E-state index < -0.39 is 0 Å². The SMILES string of the molecule is COC(=O)CC(c1ccc(OCc2ccccc2)cc1)c1cc(C)on1. The molecule has 0 spiro atoms. The van der Waals surface area contributed by atoms with Gasteiger partial charge in [-0.15, -0.1) is 0 Å². The van der Waals surface area contributed by atoms with Gasteiger partial charge in [0.1, 0.15) is 18.1 Å². The number of aromatic nitrogens is 1. The summed E-state index contributed by atoms with van der Waals surface area (Å²) >= 11 is 0. The highest BCUT2D eigenvalue weighted by molar-refractivity contribution is 5.71. The van der Waals surface area contributed by atoms with Crippen LogP contribution < -0.4 is 4.74 Å². The minimum atomic E-state index is -0.292. The summed E-state index contributed by atoms with van der Waals surface area (Å²) in [6, 6.07) is 19.5. The fourth-order valence-electron chi connectivity index (χ4n) is 2.73. The molecule has 1 unspecified atom stereocenters. The Balaban J connectivity index is 1.74. The Labute approximate surface area is 152 Å². The van der Waals surface area contributed by atoms with Crippen molar-refractivity contribution in [2.45, 2.75) is 25.9 Å². The molecule has 0 aliphatic carbocycles. The Bertz CT molecular complexity index is 840. The molecule has 3 rings (SSSR count). The molecule has 0 saturated carbocycles. The van der Waals surface area contributed by atoms with Gasteiger partial charge in [-0.3, -0.25) is 4.79 Å². The second-order valence-electron chi connectivity index (χ2n) is 6.04. The predicted octanol–water partition coefficient (Wildman–Crippen LogP) is 4.26. The molecule has 26 heavy (non-hydrogen) atoms. The smallest absolute Gasteiger partial charge is 0.306 e. The number of carbonyl (C=O) groups excluding carboxylic acids is 1. The van der Waals surface area contributed by atoms with Crippen molar-refractivity contribution in [1.82, 2.24) is 5.16 Å². The molecule has 2 aromatic carbocycles. The van der Waals surface area contributed by atoms with Crippen molar-refractivity contribution in [2.24, 2.45) is 0 Å². The minimum Gasteiger partial charge on any atom is -0.489 e.